The third-order valence-electron chi connectivity index (χ3n) is 4.22. The molecule has 0 aliphatic carbocycles. The molecule has 0 fully saturated rings. The van der Waals surface area contributed by atoms with Gasteiger partial charge in [0.05, 0.1) is 18.0 Å². The fourth-order valence-electron chi connectivity index (χ4n) is 2.49. The van der Waals surface area contributed by atoms with Crippen LogP contribution in [0.4, 0.5) is 0 Å². The minimum Gasteiger partial charge on any atom is -0.497 e. The van der Waals surface area contributed by atoms with E-state index in [4.69, 9.17) is 26.8 Å². The van der Waals surface area contributed by atoms with Crippen molar-refractivity contribution in [2.24, 2.45) is 5.73 Å². The Bertz CT molecular complexity index is 1010. The van der Waals surface area contributed by atoms with Gasteiger partial charge in [0.2, 0.25) is 5.91 Å². The Balaban J connectivity index is 1.91. The molecule has 0 saturated carbocycles. The highest BCUT2D eigenvalue weighted by molar-refractivity contribution is 8.00. The fourth-order valence-corrected chi connectivity index (χ4v) is 3.50. The number of thioether (sulfide) groups is 1. The smallest absolute Gasteiger partial charge is 0.230 e. The monoisotopic (exact) mass is 432 g/mol. The fraction of sp³-hybridized carbons (Fsp3) is 0.250. The van der Waals surface area contributed by atoms with Crippen LogP contribution in [0.1, 0.15) is 18.3 Å². The molecule has 9 heteroatoms. The number of aromatic nitrogens is 3. The van der Waals surface area contributed by atoms with Crippen LogP contribution in [0.2, 0.25) is 5.02 Å². The molecule has 29 heavy (non-hydrogen) atoms. The van der Waals surface area contributed by atoms with E-state index in [2.05, 4.69) is 10.2 Å². The first-order chi connectivity index (χ1) is 13.9. The summed E-state index contributed by atoms with van der Waals surface area (Å²) < 4.78 is 12.8. The molecule has 3 rings (SSSR count). The number of halogens is 1. The largest absolute Gasteiger partial charge is 0.497 e. The van der Waals surface area contributed by atoms with E-state index < -0.39 is 11.2 Å². The number of nitrogens with two attached hydrogens (primary N) is 1. The number of nitrogens with zero attached hydrogens (tertiary/aromatic N) is 3. The van der Waals surface area contributed by atoms with Gasteiger partial charge in [-0.15, -0.1) is 10.2 Å². The van der Waals surface area contributed by atoms with Gasteiger partial charge in [-0.05, 0) is 55.8 Å². The zero-order valence-electron chi connectivity index (χ0n) is 16.3. The van der Waals surface area contributed by atoms with Gasteiger partial charge in [0.15, 0.2) is 11.0 Å². The highest BCUT2D eigenvalue weighted by atomic mass is 35.5. The van der Waals surface area contributed by atoms with Crippen LogP contribution in [0.15, 0.2) is 47.6 Å². The molecule has 1 heterocycles. The first-order valence-electron chi connectivity index (χ1n) is 8.82. The number of carbonyl (C=O) groups excluding carboxylic acids is 1. The predicted molar refractivity (Wildman–Crippen MR) is 113 cm³/mol. The maximum Gasteiger partial charge on any atom is 0.230 e. The second-order valence-corrected chi connectivity index (χ2v) is 8.01. The Labute approximate surface area is 178 Å². The molecule has 1 atom stereocenters. The molecule has 0 radical (unpaired) electrons. The lowest BCUT2D eigenvalue weighted by Gasteiger charge is -2.13. The van der Waals surface area contributed by atoms with Gasteiger partial charge < -0.3 is 15.2 Å². The number of amides is 1. The minimum absolute atomic E-state index is 0.177. The number of carbonyl (C=O) groups is 1. The molecule has 0 aliphatic heterocycles. The van der Waals surface area contributed by atoms with Gasteiger partial charge in [-0.2, -0.15) is 0 Å². The molecule has 0 aliphatic rings. The second kappa shape index (κ2) is 9.19. The van der Waals surface area contributed by atoms with Crippen LogP contribution in [0.5, 0.6) is 11.5 Å². The number of hydrogen-bond acceptors (Lipinski definition) is 6. The van der Waals surface area contributed by atoms with Gasteiger partial charge in [-0.1, -0.05) is 29.4 Å². The van der Waals surface area contributed by atoms with Crippen LogP contribution in [0.3, 0.4) is 0 Å². The van der Waals surface area contributed by atoms with Crippen molar-refractivity contribution in [3.63, 3.8) is 0 Å². The molecule has 0 saturated heterocycles. The van der Waals surface area contributed by atoms with E-state index in [9.17, 15) is 4.79 Å². The van der Waals surface area contributed by atoms with E-state index in [0.717, 1.165) is 17.0 Å². The van der Waals surface area contributed by atoms with E-state index in [-0.39, 0.29) is 6.61 Å². The molecule has 2 aromatic carbocycles. The lowest BCUT2D eigenvalue weighted by molar-refractivity contribution is -0.117. The summed E-state index contributed by atoms with van der Waals surface area (Å²) in [4.78, 5) is 11.5. The number of rotatable bonds is 8. The van der Waals surface area contributed by atoms with Crippen molar-refractivity contribution in [1.82, 2.24) is 14.8 Å². The van der Waals surface area contributed by atoms with Crippen molar-refractivity contribution >= 4 is 29.3 Å². The Hall–Kier alpha value is -2.71. The summed E-state index contributed by atoms with van der Waals surface area (Å²) in [6.07, 6.45) is 0. The standard InChI is InChI=1S/C20H21ClN4O3S/c1-12-4-5-14(10-17(12)21)25-18(23-24-20(25)29-13(2)19(22)26)11-28-16-8-6-15(27-3)7-9-16/h4-10,13H,11H2,1-3H3,(H2,22,26)/t13-/m0/s1. The molecular formula is C20H21ClN4O3S. The topological polar surface area (TPSA) is 92.3 Å². The maximum absolute atomic E-state index is 11.5. The third kappa shape index (κ3) is 5.02. The van der Waals surface area contributed by atoms with Gasteiger partial charge in [-0.3, -0.25) is 9.36 Å². The molecule has 0 bridgehead atoms. The molecule has 7 nitrogen and oxygen atoms in total. The van der Waals surface area contributed by atoms with Crippen LogP contribution in [-0.2, 0) is 11.4 Å². The quantitative estimate of drug-likeness (QED) is 0.544. The summed E-state index contributed by atoms with van der Waals surface area (Å²) in [5.74, 6) is 1.55. The van der Waals surface area contributed by atoms with Gasteiger partial charge in [-0.25, -0.2) is 0 Å². The summed E-state index contributed by atoms with van der Waals surface area (Å²) in [5, 5.41) is 9.18. The zero-order valence-corrected chi connectivity index (χ0v) is 17.8. The highest BCUT2D eigenvalue weighted by Gasteiger charge is 2.20. The number of methoxy groups -OCH3 is 1. The number of benzene rings is 2. The lowest BCUT2D eigenvalue weighted by atomic mass is 10.2. The summed E-state index contributed by atoms with van der Waals surface area (Å²) >= 11 is 7.55. The Morgan fingerprint density at radius 1 is 1.21 bits per heavy atom. The number of aryl methyl sites for hydroxylation is 1. The van der Waals surface area contributed by atoms with E-state index in [1.807, 2.05) is 54.0 Å². The first kappa shape index (κ1) is 21.0. The second-order valence-electron chi connectivity index (χ2n) is 6.29. The van der Waals surface area contributed by atoms with Crippen molar-refractivity contribution in [2.75, 3.05) is 7.11 Å². The van der Waals surface area contributed by atoms with Gasteiger partial charge in [0.1, 0.15) is 18.1 Å². The molecule has 2 N–H and O–H groups in total. The van der Waals surface area contributed by atoms with Crippen molar-refractivity contribution in [1.29, 1.82) is 0 Å². The van der Waals surface area contributed by atoms with Crippen molar-refractivity contribution < 1.29 is 14.3 Å². The highest BCUT2D eigenvalue weighted by Crippen LogP contribution is 2.28. The molecular weight excluding hydrogens is 412 g/mol. The van der Waals surface area contributed by atoms with Crippen LogP contribution < -0.4 is 15.2 Å². The molecule has 0 spiro atoms. The average Bonchev–Trinajstić information content (AvgIpc) is 3.11. The van der Waals surface area contributed by atoms with E-state index in [0.29, 0.717) is 21.8 Å². The lowest BCUT2D eigenvalue weighted by Crippen LogP contribution is -2.23. The number of hydrogen-bond donors (Lipinski definition) is 1. The minimum atomic E-state index is -0.464. The number of ether oxygens (including phenoxy) is 2. The van der Waals surface area contributed by atoms with E-state index in [1.165, 1.54) is 11.8 Å². The Morgan fingerprint density at radius 3 is 2.52 bits per heavy atom. The van der Waals surface area contributed by atoms with Gasteiger partial charge in [0.25, 0.3) is 0 Å². The van der Waals surface area contributed by atoms with Gasteiger partial charge >= 0.3 is 0 Å². The SMILES string of the molecule is COc1ccc(OCc2nnc(S[C@@H](C)C(N)=O)n2-c2ccc(C)c(Cl)c2)cc1. The van der Waals surface area contributed by atoms with E-state index >= 15 is 0 Å². The molecule has 3 aromatic rings. The summed E-state index contributed by atoms with van der Waals surface area (Å²) in [5.41, 5.74) is 7.14. The summed E-state index contributed by atoms with van der Waals surface area (Å²) in [6.45, 7) is 3.83. The first-order valence-corrected chi connectivity index (χ1v) is 10.1. The van der Waals surface area contributed by atoms with Crippen molar-refractivity contribution in [2.45, 2.75) is 30.9 Å². The van der Waals surface area contributed by atoms with Crippen molar-refractivity contribution in [3.8, 4) is 17.2 Å². The van der Waals surface area contributed by atoms with Crippen LogP contribution in [0.25, 0.3) is 5.69 Å². The average molecular weight is 433 g/mol. The van der Waals surface area contributed by atoms with Crippen molar-refractivity contribution in [3.05, 3.63) is 58.9 Å². The normalized spacial score (nSPS) is 11.9. The molecule has 0 unspecified atom stereocenters. The zero-order chi connectivity index (χ0) is 21.0. The maximum atomic E-state index is 11.5. The molecule has 1 amide bonds. The molecule has 1 aromatic heterocycles. The van der Waals surface area contributed by atoms with E-state index in [1.54, 1.807) is 14.0 Å². The van der Waals surface area contributed by atoms with Gasteiger partial charge in [0, 0.05) is 5.02 Å². The van der Waals surface area contributed by atoms with Crippen LogP contribution in [0, 0.1) is 6.92 Å². The number of primary amides is 1. The van der Waals surface area contributed by atoms with Crippen LogP contribution >= 0.6 is 23.4 Å². The summed E-state index contributed by atoms with van der Waals surface area (Å²) in [7, 11) is 1.61. The Morgan fingerprint density at radius 2 is 1.90 bits per heavy atom. The third-order valence-corrected chi connectivity index (χ3v) is 5.69. The Kier molecular flexibility index (Phi) is 6.66. The van der Waals surface area contributed by atoms with Crippen LogP contribution in [-0.4, -0.2) is 33.0 Å². The molecule has 152 valence electrons. The summed E-state index contributed by atoms with van der Waals surface area (Å²) in [6, 6.07) is 12.9. The predicted octanol–water partition coefficient (Wildman–Crippen LogP) is 3.78.